The first-order valence-electron chi connectivity index (χ1n) is 4.59. The molecule has 0 saturated heterocycles. The van der Waals surface area contributed by atoms with Crippen LogP contribution in [-0.2, 0) is 9.53 Å². The Morgan fingerprint density at radius 2 is 2.08 bits per heavy atom. The van der Waals surface area contributed by atoms with Crippen molar-refractivity contribution in [1.82, 2.24) is 0 Å². The molecule has 1 rings (SSSR count). The molecule has 0 heterocycles. The maximum absolute atomic E-state index is 11.3. The second kappa shape index (κ2) is 3.92. The van der Waals surface area contributed by atoms with Crippen molar-refractivity contribution >= 4 is 5.97 Å². The van der Waals surface area contributed by atoms with Crippen LogP contribution in [0, 0.1) is 0 Å². The minimum atomic E-state index is -0.466. The number of carbonyl (C=O) groups is 1. The average molecular weight is 184 g/mol. The lowest BCUT2D eigenvalue weighted by molar-refractivity contribution is -0.152. The van der Waals surface area contributed by atoms with Gasteiger partial charge in [0, 0.05) is 0 Å². The zero-order valence-electron chi connectivity index (χ0n) is 8.01. The number of rotatable bonds is 3. The van der Waals surface area contributed by atoms with Crippen LogP contribution in [-0.4, -0.2) is 23.3 Å². The van der Waals surface area contributed by atoms with Crippen molar-refractivity contribution in [3.8, 4) is 0 Å². The van der Waals surface area contributed by atoms with Gasteiger partial charge in [-0.1, -0.05) is 6.58 Å². The predicted octanol–water partition coefficient (Wildman–Crippen LogP) is 1.41. The topological polar surface area (TPSA) is 46.5 Å². The first-order chi connectivity index (χ1) is 6.07. The quantitative estimate of drug-likeness (QED) is 0.533. The fraction of sp³-hybridized carbons (Fsp3) is 0.700. The van der Waals surface area contributed by atoms with Gasteiger partial charge in [0.25, 0.3) is 0 Å². The Hall–Kier alpha value is -0.830. The monoisotopic (exact) mass is 184 g/mol. The molecular formula is C10H16O3. The van der Waals surface area contributed by atoms with E-state index < -0.39 is 5.97 Å². The highest BCUT2D eigenvalue weighted by atomic mass is 16.6. The SMILES string of the molecule is C=C(CO)C(=O)OC1(C)CCCC1. The summed E-state index contributed by atoms with van der Waals surface area (Å²) in [6, 6.07) is 0. The number of hydrogen-bond donors (Lipinski definition) is 1. The molecule has 1 fully saturated rings. The molecule has 0 bridgehead atoms. The van der Waals surface area contributed by atoms with E-state index in [9.17, 15) is 4.79 Å². The van der Waals surface area contributed by atoms with E-state index in [4.69, 9.17) is 9.84 Å². The standard InChI is InChI=1S/C10H16O3/c1-8(7-11)9(12)13-10(2)5-3-4-6-10/h11H,1,3-7H2,2H3. The molecule has 0 unspecified atom stereocenters. The summed E-state index contributed by atoms with van der Waals surface area (Å²) >= 11 is 0. The van der Waals surface area contributed by atoms with Gasteiger partial charge in [0.15, 0.2) is 0 Å². The first-order valence-corrected chi connectivity index (χ1v) is 4.59. The Kier molecular flexibility index (Phi) is 3.09. The van der Waals surface area contributed by atoms with Crippen molar-refractivity contribution in [3.63, 3.8) is 0 Å². The van der Waals surface area contributed by atoms with Crippen LogP contribution in [0.25, 0.3) is 0 Å². The van der Waals surface area contributed by atoms with E-state index >= 15 is 0 Å². The Morgan fingerprint density at radius 3 is 2.54 bits per heavy atom. The molecule has 1 aliphatic rings. The summed E-state index contributed by atoms with van der Waals surface area (Å²) in [4.78, 5) is 11.3. The van der Waals surface area contributed by atoms with Crippen LogP contribution in [0.15, 0.2) is 12.2 Å². The van der Waals surface area contributed by atoms with Gasteiger partial charge in [-0.25, -0.2) is 4.79 Å². The molecule has 74 valence electrons. The van der Waals surface area contributed by atoms with Crippen LogP contribution in [0.3, 0.4) is 0 Å². The highest BCUT2D eigenvalue weighted by Crippen LogP contribution is 2.32. The highest BCUT2D eigenvalue weighted by Gasteiger charge is 2.32. The number of hydrogen-bond acceptors (Lipinski definition) is 3. The molecule has 0 aromatic heterocycles. The van der Waals surface area contributed by atoms with Crippen molar-refractivity contribution in [3.05, 3.63) is 12.2 Å². The molecule has 1 aliphatic carbocycles. The molecule has 0 aliphatic heterocycles. The second-order valence-corrected chi connectivity index (χ2v) is 3.81. The minimum Gasteiger partial charge on any atom is -0.456 e. The smallest absolute Gasteiger partial charge is 0.336 e. The van der Waals surface area contributed by atoms with Crippen LogP contribution in [0.5, 0.6) is 0 Å². The van der Waals surface area contributed by atoms with Crippen molar-refractivity contribution in [1.29, 1.82) is 0 Å². The molecule has 0 atom stereocenters. The zero-order chi connectivity index (χ0) is 9.90. The highest BCUT2D eigenvalue weighted by molar-refractivity contribution is 5.88. The van der Waals surface area contributed by atoms with Crippen molar-refractivity contribution in [2.75, 3.05) is 6.61 Å². The van der Waals surface area contributed by atoms with Gasteiger partial charge >= 0.3 is 5.97 Å². The third kappa shape index (κ3) is 2.56. The summed E-state index contributed by atoms with van der Waals surface area (Å²) in [7, 11) is 0. The Labute approximate surface area is 78.4 Å². The van der Waals surface area contributed by atoms with Crippen LogP contribution < -0.4 is 0 Å². The zero-order valence-corrected chi connectivity index (χ0v) is 8.01. The number of ether oxygens (including phenoxy) is 1. The van der Waals surface area contributed by atoms with Gasteiger partial charge < -0.3 is 9.84 Å². The minimum absolute atomic E-state index is 0.133. The van der Waals surface area contributed by atoms with Gasteiger partial charge in [-0.15, -0.1) is 0 Å². The van der Waals surface area contributed by atoms with Crippen LogP contribution in [0.1, 0.15) is 32.6 Å². The van der Waals surface area contributed by atoms with Crippen molar-refractivity contribution < 1.29 is 14.6 Å². The van der Waals surface area contributed by atoms with Gasteiger partial charge in [-0.05, 0) is 32.6 Å². The third-order valence-electron chi connectivity index (χ3n) is 2.48. The van der Waals surface area contributed by atoms with E-state index in [2.05, 4.69) is 6.58 Å². The molecule has 3 heteroatoms. The lowest BCUT2D eigenvalue weighted by Crippen LogP contribution is -2.29. The number of esters is 1. The predicted molar refractivity (Wildman–Crippen MR) is 49.2 cm³/mol. The molecule has 0 radical (unpaired) electrons. The van der Waals surface area contributed by atoms with Gasteiger partial charge in [0.05, 0.1) is 12.2 Å². The fourth-order valence-electron chi connectivity index (χ4n) is 1.59. The van der Waals surface area contributed by atoms with Crippen molar-refractivity contribution in [2.24, 2.45) is 0 Å². The maximum atomic E-state index is 11.3. The summed E-state index contributed by atoms with van der Waals surface area (Å²) in [5, 5.41) is 8.66. The molecule has 13 heavy (non-hydrogen) atoms. The summed E-state index contributed by atoms with van der Waals surface area (Å²) in [6.45, 7) is 5.03. The van der Waals surface area contributed by atoms with Crippen LogP contribution in [0.4, 0.5) is 0 Å². The van der Waals surface area contributed by atoms with Crippen LogP contribution in [0.2, 0.25) is 0 Å². The molecule has 1 saturated carbocycles. The lowest BCUT2D eigenvalue weighted by atomic mass is 10.1. The normalized spacial score (nSPS) is 19.8. The molecule has 3 nitrogen and oxygen atoms in total. The van der Waals surface area contributed by atoms with Crippen molar-refractivity contribution in [2.45, 2.75) is 38.2 Å². The van der Waals surface area contributed by atoms with E-state index in [1.54, 1.807) is 0 Å². The summed E-state index contributed by atoms with van der Waals surface area (Å²) in [6.07, 6.45) is 4.04. The van der Waals surface area contributed by atoms with Gasteiger partial charge in [0.1, 0.15) is 5.60 Å². The Bertz CT molecular complexity index is 214. The van der Waals surface area contributed by atoms with E-state index in [1.165, 1.54) is 0 Å². The van der Waals surface area contributed by atoms with E-state index in [0.717, 1.165) is 25.7 Å². The molecule has 1 N–H and O–H groups in total. The Morgan fingerprint density at radius 1 is 1.54 bits per heavy atom. The van der Waals surface area contributed by atoms with E-state index in [1.807, 2.05) is 6.92 Å². The Balaban J connectivity index is 2.47. The molecule has 0 amide bonds. The maximum Gasteiger partial charge on any atom is 0.336 e. The molecule has 0 aromatic rings. The summed E-state index contributed by atoms with van der Waals surface area (Å²) < 4.78 is 5.25. The largest absolute Gasteiger partial charge is 0.456 e. The third-order valence-corrected chi connectivity index (χ3v) is 2.48. The lowest BCUT2D eigenvalue weighted by Gasteiger charge is -2.24. The molecular weight excluding hydrogens is 168 g/mol. The van der Waals surface area contributed by atoms with Gasteiger partial charge in [-0.2, -0.15) is 0 Å². The van der Waals surface area contributed by atoms with E-state index in [0.29, 0.717) is 0 Å². The number of aliphatic hydroxyl groups is 1. The van der Waals surface area contributed by atoms with Gasteiger partial charge in [-0.3, -0.25) is 0 Å². The van der Waals surface area contributed by atoms with Crippen LogP contribution >= 0.6 is 0 Å². The first kappa shape index (κ1) is 10.3. The number of aliphatic hydroxyl groups excluding tert-OH is 1. The fourth-order valence-corrected chi connectivity index (χ4v) is 1.59. The van der Waals surface area contributed by atoms with Gasteiger partial charge in [0.2, 0.25) is 0 Å². The second-order valence-electron chi connectivity index (χ2n) is 3.81. The summed E-state index contributed by atoms with van der Waals surface area (Å²) in [5.41, 5.74) is -0.192. The number of carbonyl (C=O) groups excluding carboxylic acids is 1. The molecule has 0 aromatic carbocycles. The summed E-state index contributed by atoms with van der Waals surface area (Å²) in [5.74, 6) is -0.466. The molecule has 0 spiro atoms. The average Bonchev–Trinajstić information content (AvgIpc) is 2.50. The van der Waals surface area contributed by atoms with E-state index in [-0.39, 0.29) is 17.8 Å².